The third kappa shape index (κ3) is 3.62. The number of pyridine rings is 1. The molecule has 2 atom stereocenters. The lowest BCUT2D eigenvalue weighted by atomic mass is 10.1. The SMILES string of the molecule is CS(=O)(=O)N1CC[C@@H](Nc2ncc3ccc(-c4ccccn4)n3n2)[C@@H](F)C1. The van der Waals surface area contributed by atoms with Crippen molar-refractivity contribution >= 4 is 21.5 Å². The molecule has 1 aliphatic heterocycles. The van der Waals surface area contributed by atoms with E-state index in [0.717, 1.165) is 27.5 Å². The van der Waals surface area contributed by atoms with Gasteiger partial charge < -0.3 is 5.32 Å². The molecule has 10 heteroatoms. The van der Waals surface area contributed by atoms with Gasteiger partial charge in [-0.05, 0) is 30.7 Å². The highest BCUT2D eigenvalue weighted by Crippen LogP contribution is 2.22. The van der Waals surface area contributed by atoms with Gasteiger partial charge in [0.25, 0.3) is 0 Å². The van der Waals surface area contributed by atoms with Gasteiger partial charge in [-0.3, -0.25) is 4.98 Å². The molecule has 142 valence electrons. The summed E-state index contributed by atoms with van der Waals surface area (Å²) in [6.07, 6.45) is 3.45. The van der Waals surface area contributed by atoms with Crippen molar-refractivity contribution in [3.63, 3.8) is 0 Å². The van der Waals surface area contributed by atoms with Crippen LogP contribution in [0.5, 0.6) is 0 Å². The number of hydrogen-bond acceptors (Lipinski definition) is 6. The van der Waals surface area contributed by atoms with Crippen molar-refractivity contribution in [1.29, 1.82) is 0 Å². The van der Waals surface area contributed by atoms with Gasteiger partial charge in [0.05, 0.1) is 35.4 Å². The van der Waals surface area contributed by atoms with Crippen LogP contribution in [0.25, 0.3) is 16.9 Å². The molecule has 1 N–H and O–H groups in total. The molecule has 4 rings (SSSR count). The lowest BCUT2D eigenvalue weighted by Gasteiger charge is -2.33. The lowest BCUT2D eigenvalue weighted by Crippen LogP contribution is -2.49. The average Bonchev–Trinajstić information content (AvgIpc) is 3.06. The van der Waals surface area contributed by atoms with Gasteiger partial charge in [-0.25, -0.2) is 22.3 Å². The number of hydrogen-bond donors (Lipinski definition) is 1. The Labute approximate surface area is 156 Å². The summed E-state index contributed by atoms with van der Waals surface area (Å²) in [6, 6.07) is 8.86. The molecule has 0 saturated carbocycles. The Hall–Kier alpha value is -2.59. The Morgan fingerprint density at radius 3 is 2.78 bits per heavy atom. The molecule has 0 amide bonds. The standard InChI is InChI=1S/C17H19FN6O2S/c1-27(25,26)23-9-7-14(13(18)11-23)21-17-20-10-12-5-6-16(24(12)22-17)15-4-2-3-8-19-15/h2-6,8,10,13-14H,7,9,11H2,1H3,(H,21,22)/t13-,14+/m0/s1. The van der Waals surface area contributed by atoms with Gasteiger partial charge >= 0.3 is 0 Å². The second kappa shape index (κ2) is 6.86. The molecular weight excluding hydrogens is 371 g/mol. The van der Waals surface area contributed by atoms with E-state index >= 15 is 0 Å². The molecule has 1 aliphatic rings. The molecule has 0 unspecified atom stereocenters. The van der Waals surface area contributed by atoms with Gasteiger partial charge in [-0.15, -0.1) is 5.10 Å². The molecule has 1 fully saturated rings. The minimum Gasteiger partial charge on any atom is -0.347 e. The Morgan fingerprint density at radius 1 is 1.22 bits per heavy atom. The van der Waals surface area contributed by atoms with Crippen LogP contribution in [0.2, 0.25) is 0 Å². The van der Waals surface area contributed by atoms with Gasteiger partial charge in [0.1, 0.15) is 6.17 Å². The van der Waals surface area contributed by atoms with Crippen LogP contribution < -0.4 is 5.32 Å². The molecule has 0 aliphatic carbocycles. The van der Waals surface area contributed by atoms with Crippen LogP contribution in [0.1, 0.15) is 6.42 Å². The Morgan fingerprint density at radius 2 is 2.07 bits per heavy atom. The molecule has 0 spiro atoms. The zero-order valence-corrected chi connectivity index (χ0v) is 15.5. The lowest BCUT2D eigenvalue weighted by molar-refractivity contribution is 0.186. The highest BCUT2D eigenvalue weighted by Gasteiger charge is 2.33. The van der Waals surface area contributed by atoms with Gasteiger partial charge in [0, 0.05) is 19.3 Å². The Bertz CT molecular complexity index is 1060. The first-order valence-corrected chi connectivity index (χ1v) is 10.4. The van der Waals surface area contributed by atoms with Gasteiger partial charge in [0.15, 0.2) is 0 Å². The first-order valence-electron chi connectivity index (χ1n) is 8.54. The van der Waals surface area contributed by atoms with Gasteiger partial charge in [-0.2, -0.15) is 4.31 Å². The van der Waals surface area contributed by atoms with Crippen LogP contribution in [0.4, 0.5) is 10.3 Å². The van der Waals surface area contributed by atoms with E-state index in [9.17, 15) is 12.8 Å². The summed E-state index contributed by atoms with van der Waals surface area (Å²) in [5, 5.41) is 7.47. The summed E-state index contributed by atoms with van der Waals surface area (Å²) in [5.41, 5.74) is 2.37. The maximum atomic E-state index is 14.5. The minimum atomic E-state index is -3.39. The molecule has 8 nitrogen and oxygen atoms in total. The second-order valence-corrected chi connectivity index (χ2v) is 8.51. The van der Waals surface area contributed by atoms with Crippen LogP contribution >= 0.6 is 0 Å². The molecule has 27 heavy (non-hydrogen) atoms. The number of halogens is 1. The van der Waals surface area contributed by atoms with Crippen molar-refractivity contribution < 1.29 is 12.8 Å². The molecule has 1 saturated heterocycles. The second-order valence-electron chi connectivity index (χ2n) is 6.53. The molecule has 4 heterocycles. The van der Waals surface area contributed by atoms with Crippen LogP contribution in [0.15, 0.2) is 42.7 Å². The number of rotatable bonds is 4. The molecule has 3 aromatic heterocycles. The quantitative estimate of drug-likeness (QED) is 0.727. The Balaban J connectivity index is 1.57. The summed E-state index contributed by atoms with van der Waals surface area (Å²) in [5.74, 6) is 0.288. The van der Waals surface area contributed by atoms with Crippen molar-refractivity contribution in [2.45, 2.75) is 18.6 Å². The molecule has 3 aromatic rings. The number of aromatic nitrogens is 4. The predicted molar refractivity (Wildman–Crippen MR) is 99.6 cm³/mol. The van der Waals surface area contributed by atoms with Crippen molar-refractivity contribution in [3.8, 4) is 11.4 Å². The monoisotopic (exact) mass is 390 g/mol. The fourth-order valence-electron chi connectivity index (χ4n) is 3.18. The number of nitrogens with zero attached hydrogens (tertiary/aromatic N) is 5. The van der Waals surface area contributed by atoms with Crippen molar-refractivity contribution in [3.05, 3.63) is 42.7 Å². The highest BCUT2D eigenvalue weighted by molar-refractivity contribution is 7.88. The number of fused-ring (bicyclic) bond motifs is 1. The fraction of sp³-hybridized carbons (Fsp3) is 0.353. The minimum absolute atomic E-state index is 0.165. The summed E-state index contributed by atoms with van der Waals surface area (Å²) in [7, 11) is -3.39. The van der Waals surface area contributed by atoms with E-state index < -0.39 is 22.2 Å². The number of alkyl halides is 1. The fourth-order valence-corrected chi connectivity index (χ4v) is 4.03. The smallest absolute Gasteiger partial charge is 0.241 e. The van der Waals surface area contributed by atoms with Crippen LogP contribution in [-0.4, -0.2) is 63.9 Å². The van der Waals surface area contributed by atoms with Crippen LogP contribution in [-0.2, 0) is 10.0 Å². The van der Waals surface area contributed by atoms with Gasteiger partial charge in [0.2, 0.25) is 16.0 Å². The summed E-state index contributed by atoms with van der Waals surface area (Å²) < 4.78 is 40.5. The average molecular weight is 390 g/mol. The number of piperidine rings is 1. The summed E-state index contributed by atoms with van der Waals surface area (Å²) in [6.45, 7) is 0.101. The van der Waals surface area contributed by atoms with E-state index in [0.29, 0.717) is 6.42 Å². The first kappa shape index (κ1) is 17.8. The first-order chi connectivity index (χ1) is 12.9. The van der Waals surface area contributed by atoms with E-state index in [4.69, 9.17) is 0 Å². The van der Waals surface area contributed by atoms with E-state index in [2.05, 4.69) is 20.4 Å². The zero-order valence-electron chi connectivity index (χ0n) is 14.7. The highest BCUT2D eigenvalue weighted by atomic mass is 32.2. The normalized spacial score (nSPS) is 21.4. The van der Waals surface area contributed by atoms with E-state index in [-0.39, 0.29) is 19.0 Å². The summed E-state index contributed by atoms with van der Waals surface area (Å²) in [4.78, 5) is 8.58. The summed E-state index contributed by atoms with van der Waals surface area (Å²) >= 11 is 0. The molecular formula is C17H19FN6O2S. The van der Waals surface area contributed by atoms with Crippen LogP contribution in [0, 0.1) is 0 Å². The maximum absolute atomic E-state index is 14.5. The van der Waals surface area contributed by atoms with Crippen molar-refractivity contribution in [2.24, 2.45) is 0 Å². The zero-order chi connectivity index (χ0) is 19.0. The topological polar surface area (TPSA) is 92.5 Å². The third-order valence-electron chi connectivity index (χ3n) is 4.61. The maximum Gasteiger partial charge on any atom is 0.241 e. The van der Waals surface area contributed by atoms with Crippen molar-refractivity contribution in [1.82, 2.24) is 23.9 Å². The van der Waals surface area contributed by atoms with E-state index in [1.54, 1.807) is 16.9 Å². The molecule has 0 radical (unpaired) electrons. The Kier molecular flexibility index (Phi) is 4.52. The predicted octanol–water partition coefficient (Wildman–Crippen LogP) is 1.58. The van der Waals surface area contributed by atoms with Gasteiger partial charge in [-0.1, -0.05) is 6.07 Å². The third-order valence-corrected chi connectivity index (χ3v) is 5.88. The molecule has 0 aromatic carbocycles. The number of sulfonamides is 1. The van der Waals surface area contributed by atoms with Crippen molar-refractivity contribution in [2.75, 3.05) is 24.7 Å². The van der Waals surface area contributed by atoms with E-state index in [1.807, 2.05) is 30.3 Å². The van der Waals surface area contributed by atoms with Crippen LogP contribution in [0.3, 0.4) is 0 Å². The number of nitrogens with one attached hydrogen (secondary N) is 1. The largest absolute Gasteiger partial charge is 0.347 e. The van der Waals surface area contributed by atoms with E-state index in [1.165, 1.54) is 0 Å². The number of anilines is 1. The molecule has 0 bridgehead atoms.